The second kappa shape index (κ2) is 56.5. The Kier molecular flexibility index (Phi) is 53.3. The number of hydrogen-bond donors (Lipinski definition) is 6. The van der Waals surface area contributed by atoms with Crippen molar-refractivity contribution in [1.82, 2.24) is 5.32 Å². The summed E-state index contributed by atoms with van der Waals surface area (Å²) in [5, 5.41) is 54.5. The van der Waals surface area contributed by atoms with E-state index in [2.05, 4.69) is 55.6 Å². The average Bonchev–Trinajstić information content (AvgIpc) is 3.44. The van der Waals surface area contributed by atoms with E-state index in [9.17, 15) is 35.1 Å². The van der Waals surface area contributed by atoms with Gasteiger partial charge in [-0.25, -0.2) is 0 Å². The third-order valence-electron chi connectivity index (χ3n) is 15.4. The quantitative estimate of drug-likeness (QED) is 0.0195. The first-order valence-electron chi connectivity index (χ1n) is 32.9. The Hall–Kier alpha value is -2.38. The number of aliphatic hydroxyl groups excluding tert-OH is 5. The molecule has 1 saturated heterocycles. The van der Waals surface area contributed by atoms with E-state index in [4.69, 9.17) is 14.2 Å². The van der Waals surface area contributed by atoms with Crippen molar-refractivity contribution in [3.05, 3.63) is 48.6 Å². The van der Waals surface area contributed by atoms with E-state index < -0.39 is 49.5 Å². The van der Waals surface area contributed by atoms with E-state index in [1.165, 1.54) is 205 Å². The lowest BCUT2D eigenvalue weighted by atomic mass is 9.99. The molecule has 1 amide bonds. The highest BCUT2D eigenvalue weighted by molar-refractivity contribution is 5.76. The lowest BCUT2D eigenvalue weighted by Crippen LogP contribution is -2.60. The molecule has 1 aliphatic heterocycles. The molecular weight excluding hydrogens is 979 g/mol. The van der Waals surface area contributed by atoms with E-state index in [0.29, 0.717) is 19.4 Å². The van der Waals surface area contributed by atoms with Crippen LogP contribution >= 0.6 is 0 Å². The minimum Gasteiger partial charge on any atom is -0.466 e. The number of carbonyl (C=O) groups is 2. The number of esters is 1. The number of aliphatic hydroxyl groups is 5. The van der Waals surface area contributed by atoms with Crippen molar-refractivity contribution >= 4 is 11.9 Å². The van der Waals surface area contributed by atoms with Gasteiger partial charge in [0.25, 0.3) is 0 Å². The van der Waals surface area contributed by atoms with Crippen LogP contribution in [0.3, 0.4) is 0 Å². The maximum Gasteiger partial charge on any atom is 0.305 e. The van der Waals surface area contributed by atoms with Crippen molar-refractivity contribution in [1.29, 1.82) is 0 Å². The van der Waals surface area contributed by atoms with Gasteiger partial charge in [-0.3, -0.25) is 9.59 Å². The molecular formula is C67H123NO10. The average molecular weight is 1100 g/mol. The summed E-state index contributed by atoms with van der Waals surface area (Å²) in [4.78, 5) is 25.1. The normalized spacial score (nSPS) is 18.8. The molecule has 7 unspecified atom stereocenters. The molecule has 6 N–H and O–H groups in total. The van der Waals surface area contributed by atoms with Crippen LogP contribution in [0.4, 0.5) is 0 Å². The number of nitrogens with one attached hydrogen (secondary N) is 1. The van der Waals surface area contributed by atoms with Crippen molar-refractivity contribution in [3.63, 3.8) is 0 Å². The lowest BCUT2D eigenvalue weighted by Gasteiger charge is -2.40. The van der Waals surface area contributed by atoms with E-state index in [-0.39, 0.29) is 18.5 Å². The fourth-order valence-corrected chi connectivity index (χ4v) is 10.1. The molecule has 0 aliphatic carbocycles. The second-order valence-corrected chi connectivity index (χ2v) is 22.8. The largest absolute Gasteiger partial charge is 0.466 e. The number of hydrogen-bond acceptors (Lipinski definition) is 10. The van der Waals surface area contributed by atoms with Crippen LogP contribution in [0.2, 0.25) is 0 Å². The highest BCUT2D eigenvalue weighted by Crippen LogP contribution is 2.23. The molecule has 11 nitrogen and oxygen atoms in total. The number of carbonyl (C=O) groups excluding carboxylic acids is 2. The fourth-order valence-electron chi connectivity index (χ4n) is 10.1. The summed E-state index contributed by atoms with van der Waals surface area (Å²) in [5.41, 5.74) is 0. The topological polar surface area (TPSA) is 175 Å². The Labute approximate surface area is 478 Å². The molecule has 1 heterocycles. The zero-order valence-electron chi connectivity index (χ0n) is 50.4. The highest BCUT2D eigenvalue weighted by Gasteiger charge is 2.44. The van der Waals surface area contributed by atoms with Crippen LogP contribution in [0.25, 0.3) is 0 Å². The van der Waals surface area contributed by atoms with Crippen molar-refractivity contribution in [2.45, 2.75) is 346 Å². The smallest absolute Gasteiger partial charge is 0.305 e. The summed E-state index contributed by atoms with van der Waals surface area (Å²) in [6, 6.07) is -0.832. The van der Waals surface area contributed by atoms with Crippen LogP contribution in [0, 0.1) is 0 Å². The first-order chi connectivity index (χ1) is 38.2. The van der Waals surface area contributed by atoms with Gasteiger partial charge in [0, 0.05) is 12.8 Å². The molecule has 1 aliphatic rings. The predicted molar refractivity (Wildman–Crippen MR) is 324 cm³/mol. The third kappa shape index (κ3) is 45.3. The molecule has 7 atom stereocenters. The van der Waals surface area contributed by atoms with Crippen LogP contribution in [-0.2, 0) is 23.8 Å². The van der Waals surface area contributed by atoms with Gasteiger partial charge < -0.3 is 45.1 Å². The zero-order chi connectivity index (χ0) is 56.6. The predicted octanol–water partition coefficient (Wildman–Crippen LogP) is 16.0. The maximum atomic E-state index is 13.1. The number of ether oxygens (including phenoxy) is 3. The summed E-state index contributed by atoms with van der Waals surface area (Å²) in [6.07, 6.45) is 62.1. The minimum absolute atomic E-state index is 0.0103. The molecule has 1 rings (SSSR count). The first kappa shape index (κ1) is 73.6. The van der Waals surface area contributed by atoms with E-state index >= 15 is 0 Å². The SMILES string of the molecule is CCCC/C=C\CCCCCCCC(=O)OCCCCCCCCCCCCCC/C=C\CCCCCCCCCCC(=O)NC(COC1OC(CO)C(O)C(O)C1O)C(O)/C=C/CC/C=C/CCCCCCCCCCC. The minimum atomic E-state index is -1.58. The molecule has 0 radical (unpaired) electrons. The van der Waals surface area contributed by atoms with Gasteiger partial charge in [-0.05, 0) is 89.9 Å². The molecule has 0 aromatic heterocycles. The Bertz CT molecular complexity index is 1430. The molecule has 0 spiro atoms. The van der Waals surface area contributed by atoms with Gasteiger partial charge in [-0.15, -0.1) is 0 Å². The van der Waals surface area contributed by atoms with Crippen molar-refractivity contribution in [3.8, 4) is 0 Å². The summed E-state index contributed by atoms with van der Waals surface area (Å²) in [6.45, 7) is 4.30. The molecule has 11 heteroatoms. The number of unbranched alkanes of at least 4 members (excludes halogenated alkanes) is 37. The highest BCUT2D eigenvalue weighted by atomic mass is 16.7. The zero-order valence-corrected chi connectivity index (χ0v) is 50.4. The Balaban J connectivity index is 2.07. The standard InChI is InChI=1S/C67H123NO10/c1-3-5-7-9-11-13-15-16-27-30-34-37-41-45-49-53-60(70)59(58-77-67-66(75)65(74)64(73)61(57-69)78-67)68-62(71)54-50-46-42-38-35-31-28-25-23-21-19-17-18-20-22-24-26-29-32-36-40-44-48-52-56-76-63(72)55-51-47-43-39-33-14-12-10-8-6-4-2/h10,12,19,21,34,37,49,53,59-61,64-67,69-70,73-75H,3-9,11,13-18,20,22-33,35-36,38-48,50-52,54-58H2,1-2H3,(H,68,71)/b12-10-,21-19-,37-34+,53-49+. The Morgan fingerprint density at radius 3 is 1.31 bits per heavy atom. The van der Waals surface area contributed by atoms with Crippen molar-refractivity contribution < 1.29 is 49.3 Å². The van der Waals surface area contributed by atoms with E-state index in [1.54, 1.807) is 6.08 Å². The Morgan fingerprint density at radius 1 is 0.462 bits per heavy atom. The molecule has 0 bridgehead atoms. The Morgan fingerprint density at radius 2 is 0.846 bits per heavy atom. The summed E-state index contributed by atoms with van der Waals surface area (Å²) in [5.74, 6) is -0.206. The van der Waals surface area contributed by atoms with Gasteiger partial charge in [0.2, 0.25) is 5.91 Å². The summed E-state index contributed by atoms with van der Waals surface area (Å²) >= 11 is 0. The van der Waals surface area contributed by atoms with Crippen LogP contribution in [-0.4, -0.2) is 100 Å². The lowest BCUT2D eigenvalue weighted by molar-refractivity contribution is -0.302. The van der Waals surface area contributed by atoms with E-state index in [1.807, 2.05) is 6.08 Å². The fraction of sp³-hybridized carbons (Fsp3) is 0.851. The van der Waals surface area contributed by atoms with E-state index in [0.717, 1.165) is 70.6 Å². The third-order valence-corrected chi connectivity index (χ3v) is 15.4. The number of rotatable bonds is 57. The van der Waals surface area contributed by atoms with Gasteiger partial charge in [-0.2, -0.15) is 0 Å². The van der Waals surface area contributed by atoms with Gasteiger partial charge in [0.15, 0.2) is 6.29 Å². The number of amides is 1. The van der Waals surface area contributed by atoms with Crippen LogP contribution in [0.15, 0.2) is 48.6 Å². The second-order valence-electron chi connectivity index (χ2n) is 22.8. The first-order valence-corrected chi connectivity index (χ1v) is 32.9. The van der Waals surface area contributed by atoms with Crippen molar-refractivity contribution in [2.75, 3.05) is 19.8 Å². The van der Waals surface area contributed by atoms with Gasteiger partial charge >= 0.3 is 5.97 Å². The van der Waals surface area contributed by atoms with Gasteiger partial charge in [-0.1, -0.05) is 249 Å². The molecule has 456 valence electrons. The van der Waals surface area contributed by atoms with Gasteiger partial charge in [0.1, 0.15) is 24.4 Å². The monoisotopic (exact) mass is 1100 g/mol. The molecule has 0 aromatic rings. The van der Waals surface area contributed by atoms with Crippen LogP contribution < -0.4 is 5.32 Å². The molecule has 0 saturated carbocycles. The molecule has 78 heavy (non-hydrogen) atoms. The van der Waals surface area contributed by atoms with Gasteiger partial charge in [0.05, 0.1) is 32.0 Å². The van der Waals surface area contributed by atoms with Crippen molar-refractivity contribution in [2.24, 2.45) is 0 Å². The summed E-state index contributed by atoms with van der Waals surface area (Å²) in [7, 11) is 0. The van der Waals surface area contributed by atoms with Crippen LogP contribution in [0.1, 0.15) is 303 Å². The molecule has 0 aromatic carbocycles. The summed E-state index contributed by atoms with van der Waals surface area (Å²) < 4.78 is 16.7. The maximum absolute atomic E-state index is 13.1. The molecule has 1 fully saturated rings. The number of allylic oxidation sites excluding steroid dienone is 7. The van der Waals surface area contributed by atoms with Crippen LogP contribution in [0.5, 0.6) is 0 Å².